The third kappa shape index (κ3) is 5.30. The van der Waals surface area contributed by atoms with Crippen LogP contribution in [-0.2, 0) is 25.5 Å². The number of hydrogen-bond acceptors (Lipinski definition) is 5. The lowest BCUT2D eigenvalue weighted by molar-refractivity contribution is -0.158. The minimum absolute atomic E-state index is 0.0669. The number of ether oxygens (including phenoxy) is 1. The van der Waals surface area contributed by atoms with Gasteiger partial charge in [0.2, 0.25) is 5.91 Å². The maximum atomic E-state index is 12.2. The first kappa shape index (κ1) is 19.4. The number of amides is 4. The Morgan fingerprint density at radius 2 is 1.96 bits per heavy atom. The minimum Gasteiger partial charge on any atom is -0.452 e. The number of hydrogen-bond donors (Lipinski definition) is 2. The van der Waals surface area contributed by atoms with Crippen LogP contribution in [0.4, 0.5) is 4.79 Å². The van der Waals surface area contributed by atoms with Crippen LogP contribution < -0.4 is 10.6 Å². The van der Waals surface area contributed by atoms with Crippen molar-refractivity contribution in [1.82, 2.24) is 15.5 Å². The zero-order valence-electron chi connectivity index (χ0n) is 14.9. The van der Waals surface area contributed by atoms with Gasteiger partial charge in [0.25, 0.3) is 5.91 Å². The maximum absolute atomic E-state index is 12.2. The molecule has 0 radical (unpaired) electrons. The van der Waals surface area contributed by atoms with Gasteiger partial charge in [0.05, 0.1) is 5.92 Å². The van der Waals surface area contributed by atoms with Crippen LogP contribution in [0.15, 0.2) is 30.3 Å². The smallest absolute Gasteiger partial charge is 0.321 e. The highest BCUT2D eigenvalue weighted by molar-refractivity contribution is 5.97. The number of likely N-dealkylation sites (tertiary alicyclic amines) is 1. The molecule has 26 heavy (non-hydrogen) atoms. The Kier molecular flexibility index (Phi) is 6.71. The fourth-order valence-corrected chi connectivity index (χ4v) is 2.65. The van der Waals surface area contributed by atoms with E-state index in [-0.39, 0.29) is 18.9 Å². The fraction of sp³-hybridized carbons (Fsp3) is 0.444. The van der Waals surface area contributed by atoms with Crippen molar-refractivity contribution in [3.8, 4) is 0 Å². The van der Waals surface area contributed by atoms with Crippen molar-refractivity contribution >= 4 is 23.8 Å². The molecule has 1 aliphatic heterocycles. The fourth-order valence-electron chi connectivity index (χ4n) is 2.65. The summed E-state index contributed by atoms with van der Waals surface area (Å²) in [6, 6.07) is 9.09. The first-order chi connectivity index (χ1) is 12.4. The Balaban J connectivity index is 1.82. The molecule has 1 heterocycles. The lowest BCUT2D eigenvalue weighted by Gasteiger charge is -2.17. The largest absolute Gasteiger partial charge is 0.452 e. The molecular weight excluding hydrogens is 338 g/mol. The average molecular weight is 361 g/mol. The van der Waals surface area contributed by atoms with Gasteiger partial charge in [-0.05, 0) is 18.9 Å². The van der Waals surface area contributed by atoms with Gasteiger partial charge in [-0.3, -0.25) is 19.7 Å². The monoisotopic (exact) mass is 361 g/mol. The zero-order valence-corrected chi connectivity index (χ0v) is 14.9. The standard InChI is InChI=1S/C18H23N3O5/c1-12(16(23)20-18(25)19-2)26-17(24)14-10-15(22)21(11-14)9-8-13-6-4-3-5-7-13/h3-7,12,14H,8-11H2,1-2H3,(H2,19,20,23,25)/t12-,14-/m1/s1. The Bertz CT molecular complexity index is 677. The quantitative estimate of drug-likeness (QED) is 0.717. The summed E-state index contributed by atoms with van der Waals surface area (Å²) >= 11 is 0. The van der Waals surface area contributed by atoms with Gasteiger partial charge in [0.15, 0.2) is 6.10 Å². The number of imide groups is 1. The Morgan fingerprint density at radius 3 is 2.62 bits per heavy atom. The van der Waals surface area contributed by atoms with Crippen molar-refractivity contribution in [1.29, 1.82) is 0 Å². The van der Waals surface area contributed by atoms with Crippen LogP contribution >= 0.6 is 0 Å². The van der Waals surface area contributed by atoms with Gasteiger partial charge >= 0.3 is 12.0 Å². The zero-order chi connectivity index (χ0) is 19.1. The van der Waals surface area contributed by atoms with E-state index < -0.39 is 29.9 Å². The highest BCUT2D eigenvalue weighted by Crippen LogP contribution is 2.20. The van der Waals surface area contributed by atoms with E-state index in [4.69, 9.17) is 4.74 Å². The summed E-state index contributed by atoms with van der Waals surface area (Å²) in [6.07, 6.45) is -0.343. The molecule has 4 amide bonds. The molecule has 0 saturated carbocycles. The molecule has 8 heteroatoms. The molecule has 1 fully saturated rings. The number of benzene rings is 1. The minimum atomic E-state index is -1.12. The second-order valence-electron chi connectivity index (χ2n) is 6.12. The van der Waals surface area contributed by atoms with Crippen LogP contribution in [0.2, 0.25) is 0 Å². The maximum Gasteiger partial charge on any atom is 0.321 e. The number of carbonyl (C=O) groups is 4. The van der Waals surface area contributed by atoms with E-state index in [1.165, 1.54) is 14.0 Å². The van der Waals surface area contributed by atoms with Crippen molar-refractivity contribution in [2.24, 2.45) is 5.92 Å². The SMILES string of the molecule is CNC(=O)NC(=O)[C@@H](C)OC(=O)[C@@H]1CC(=O)N(CCc2ccccc2)C1. The lowest BCUT2D eigenvalue weighted by Crippen LogP contribution is -2.44. The summed E-state index contributed by atoms with van der Waals surface area (Å²) in [6.45, 7) is 2.17. The predicted octanol–water partition coefficient (Wildman–Crippen LogP) is 0.465. The first-order valence-electron chi connectivity index (χ1n) is 8.45. The molecule has 1 aromatic carbocycles. The van der Waals surface area contributed by atoms with E-state index in [0.717, 1.165) is 5.56 Å². The van der Waals surface area contributed by atoms with Gasteiger partial charge in [-0.25, -0.2) is 4.79 Å². The average Bonchev–Trinajstić information content (AvgIpc) is 3.01. The van der Waals surface area contributed by atoms with Crippen molar-refractivity contribution < 1.29 is 23.9 Å². The van der Waals surface area contributed by atoms with Gasteiger partial charge in [-0.2, -0.15) is 0 Å². The summed E-state index contributed by atoms with van der Waals surface area (Å²) in [5, 5.41) is 4.27. The highest BCUT2D eigenvalue weighted by Gasteiger charge is 2.36. The molecule has 0 spiro atoms. The number of carbonyl (C=O) groups excluding carboxylic acids is 4. The number of rotatable bonds is 6. The van der Waals surface area contributed by atoms with E-state index in [9.17, 15) is 19.2 Å². The van der Waals surface area contributed by atoms with Crippen LogP contribution in [0, 0.1) is 5.92 Å². The van der Waals surface area contributed by atoms with Crippen LogP contribution in [0.25, 0.3) is 0 Å². The van der Waals surface area contributed by atoms with E-state index in [1.54, 1.807) is 4.90 Å². The van der Waals surface area contributed by atoms with Crippen LogP contribution in [-0.4, -0.2) is 55.0 Å². The first-order valence-corrected chi connectivity index (χ1v) is 8.45. The summed E-state index contributed by atoms with van der Waals surface area (Å²) in [4.78, 5) is 48.8. The second kappa shape index (κ2) is 8.98. The molecule has 2 N–H and O–H groups in total. The Labute approximate surface area is 151 Å². The molecule has 0 unspecified atom stereocenters. The van der Waals surface area contributed by atoms with E-state index >= 15 is 0 Å². The predicted molar refractivity (Wildman–Crippen MR) is 93.0 cm³/mol. The third-order valence-corrected chi connectivity index (χ3v) is 4.19. The molecule has 1 aromatic rings. The molecule has 2 rings (SSSR count). The van der Waals surface area contributed by atoms with E-state index in [2.05, 4.69) is 5.32 Å². The molecule has 0 aliphatic carbocycles. The van der Waals surface area contributed by atoms with Gasteiger partial charge in [-0.15, -0.1) is 0 Å². The highest BCUT2D eigenvalue weighted by atomic mass is 16.5. The van der Waals surface area contributed by atoms with Gasteiger partial charge in [0, 0.05) is 26.6 Å². The molecule has 2 atom stereocenters. The van der Waals surface area contributed by atoms with Crippen molar-refractivity contribution in [2.45, 2.75) is 25.9 Å². The second-order valence-corrected chi connectivity index (χ2v) is 6.12. The summed E-state index contributed by atoms with van der Waals surface area (Å²) in [7, 11) is 1.37. The molecular formula is C18H23N3O5. The topological polar surface area (TPSA) is 105 Å². The van der Waals surface area contributed by atoms with Crippen LogP contribution in [0.3, 0.4) is 0 Å². The molecule has 0 bridgehead atoms. The molecule has 0 aromatic heterocycles. The molecule has 8 nitrogen and oxygen atoms in total. The van der Waals surface area contributed by atoms with Crippen molar-refractivity contribution in [3.05, 3.63) is 35.9 Å². The summed E-state index contributed by atoms with van der Waals surface area (Å²) in [5.41, 5.74) is 1.12. The molecule has 1 aliphatic rings. The lowest BCUT2D eigenvalue weighted by atomic mass is 10.1. The number of nitrogens with zero attached hydrogens (tertiary/aromatic N) is 1. The molecule has 1 saturated heterocycles. The van der Waals surface area contributed by atoms with Crippen LogP contribution in [0.5, 0.6) is 0 Å². The third-order valence-electron chi connectivity index (χ3n) is 4.19. The summed E-state index contributed by atoms with van der Waals surface area (Å²) in [5.74, 6) is -2.04. The van der Waals surface area contributed by atoms with Gasteiger partial charge in [-0.1, -0.05) is 30.3 Å². The van der Waals surface area contributed by atoms with Gasteiger partial charge < -0.3 is 15.0 Å². The van der Waals surface area contributed by atoms with E-state index in [0.29, 0.717) is 13.0 Å². The normalized spacial score (nSPS) is 17.5. The number of nitrogens with one attached hydrogen (secondary N) is 2. The van der Waals surface area contributed by atoms with Crippen molar-refractivity contribution in [2.75, 3.05) is 20.1 Å². The van der Waals surface area contributed by atoms with Gasteiger partial charge in [0.1, 0.15) is 0 Å². The number of esters is 1. The van der Waals surface area contributed by atoms with E-state index in [1.807, 2.05) is 35.6 Å². The summed E-state index contributed by atoms with van der Waals surface area (Å²) < 4.78 is 5.09. The van der Waals surface area contributed by atoms with Crippen LogP contribution in [0.1, 0.15) is 18.9 Å². The Morgan fingerprint density at radius 1 is 1.27 bits per heavy atom. The molecule has 140 valence electrons. The number of urea groups is 1. The van der Waals surface area contributed by atoms with Crippen molar-refractivity contribution in [3.63, 3.8) is 0 Å². The Hall–Kier alpha value is -2.90.